The van der Waals surface area contributed by atoms with Crippen molar-refractivity contribution in [3.8, 4) is 5.75 Å². The lowest BCUT2D eigenvalue weighted by Gasteiger charge is -2.20. The van der Waals surface area contributed by atoms with Crippen LogP contribution in [0, 0.1) is 6.92 Å². The molecule has 2 rings (SSSR count). The third kappa shape index (κ3) is 2.67. The Labute approximate surface area is 109 Å². The Balaban J connectivity index is 2.24. The van der Waals surface area contributed by atoms with Gasteiger partial charge in [-0.05, 0) is 24.1 Å². The highest BCUT2D eigenvalue weighted by Gasteiger charge is 2.42. The van der Waals surface area contributed by atoms with E-state index in [0.29, 0.717) is 0 Å². The van der Waals surface area contributed by atoms with Crippen molar-refractivity contribution in [1.29, 1.82) is 0 Å². The molecule has 0 amide bonds. The molecule has 1 unspecified atom stereocenters. The fourth-order valence-corrected chi connectivity index (χ4v) is 2.23. The summed E-state index contributed by atoms with van der Waals surface area (Å²) in [5, 5.41) is 4.95. The standard InChI is InChI=1S/C13H15F3N2O/c1-8-6-9(4-5-11(8)19-3)10-7-12(13(14,15)16)17-18(10)2/h4-6,10H,7H2,1-3H3. The Bertz CT molecular complexity index is 511. The van der Waals surface area contributed by atoms with Crippen molar-refractivity contribution in [1.82, 2.24) is 5.01 Å². The van der Waals surface area contributed by atoms with Crippen LogP contribution in [0.25, 0.3) is 0 Å². The van der Waals surface area contributed by atoms with Crippen LogP contribution in [0.1, 0.15) is 23.6 Å². The maximum Gasteiger partial charge on any atom is 0.431 e. The van der Waals surface area contributed by atoms with Crippen LogP contribution in [0.4, 0.5) is 13.2 Å². The number of aryl methyl sites for hydroxylation is 1. The third-order valence-electron chi connectivity index (χ3n) is 3.25. The highest BCUT2D eigenvalue weighted by molar-refractivity contribution is 5.91. The van der Waals surface area contributed by atoms with Gasteiger partial charge >= 0.3 is 6.18 Å². The molecular weight excluding hydrogens is 257 g/mol. The summed E-state index contributed by atoms with van der Waals surface area (Å²) in [7, 11) is 3.12. The van der Waals surface area contributed by atoms with E-state index in [1.807, 2.05) is 13.0 Å². The molecule has 0 radical (unpaired) electrons. The van der Waals surface area contributed by atoms with Crippen LogP contribution in [0.2, 0.25) is 0 Å². The normalized spacial score (nSPS) is 19.6. The molecule has 104 valence electrons. The molecule has 1 heterocycles. The van der Waals surface area contributed by atoms with E-state index in [-0.39, 0.29) is 12.5 Å². The van der Waals surface area contributed by atoms with Gasteiger partial charge in [0.05, 0.1) is 13.2 Å². The molecule has 0 aliphatic carbocycles. The second kappa shape index (κ2) is 4.75. The van der Waals surface area contributed by atoms with Gasteiger partial charge in [-0.1, -0.05) is 12.1 Å². The summed E-state index contributed by atoms with van der Waals surface area (Å²) in [5.41, 5.74) is 0.978. The molecule has 1 atom stereocenters. The highest BCUT2D eigenvalue weighted by atomic mass is 19.4. The summed E-state index contributed by atoms with van der Waals surface area (Å²) in [5.74, 6) is 0.723. The lowest BCUT2D eigenvalue weighted by Crippen LogP contribution is -2.21. The SMILES string of the molecule is COc1ccc(C2CC(C(F)(F)F)=NN2C)cc1C. The molecule has 0 saturated carbocycles. The summed E-state index contributed by atoms with van der Waals surface area (Å²) in [6.45, 7) is 1.86. The van der Waals surface area contributed by atoms with E-state index in [1.54, 1.807) is 26.3 Å². The largest absolute Gasteiger partial charge is 0.496 e. The molecule has 3 nitrogen and oxygen atoms in total. The molecule has 0 spiro atoms. The van der Waals surface area contributed by atoms with Crippen molar-refractivity contribution in [3.63, 3.8) is 0 Å². The third-order valence-corrected chi connectivity index (χ3v) is 3.25. The average molecular weight is 272 g/mol. The number of halogens is 3. The van der Waals surface area contributed by atoms with Crippen molar-refractivity contribution in [2.75, 3.05) is 14.2 Å². The zero-order valence-electron chi connectivity index (χ0n) is 11.0. The molecule has 1 aromatic rings. The Kier molecular flexibility index (Phi) is 3.43. The predicted octanol–water partition coefficient (Wildman–Crippen LogP) is 3.30. The van der Waals surface area contributed by atoms with E-state index < -0.39 is 11.9 Å². The van der Waals surface area contributed by atoms with Gasteiger partial charge in [0.25, 0.3) is 0 Å². The maximum atomic E-state index is 12.6. The number of hydrazone groups is 1. The van der Waals surface area contributed by atoms with Crippen LogP contribution in [-0.2, 0) is 0 Å². The first-order valence-corrected chi connectivity index (χ1v) is 5.85. The van der Waals surface area contributed by atoms with Crippen molar-refractivity contribution in [2.45, 2.75) is 25.6 Å². The molecule has 6 heteroatoms. The lowest BCUT2D eigenvalue weighted by molar-refractivity contribution is -0.0601. The minimum atomic E-state index is -4.36. The molecule has 19 heavy (non-hydrogen) atoms. The molecule has 0 N–H and O–H groups in total. The second-order valence-corrected chi connectivity index (χ2v) is 4.57. The van der Waals surface area contributed by atoms with E-state index in [4.69, 9.17) is 4.74 Å². The lowest BCUT2D eigenvalue weighted by atomic mass is 9.99. The van der Waals surface area contributed by atoms with Gasteiger partial charge in [-0.15, -0.1) is 0 Å². The topological polar surface area (TPSA) is 24.8 Å². The number of hydrogen-bond acceptors (Lipinski definition) is 3. The zero-order chi connectivity index (χ0) is 14.2. The van der Waals surface area contributed by atoms with Gasteiger partial charge in [0.2, 0.25) is 0 Å². The van der Waals surface area contributed by atoms with E-state index in [9.17, 15) is 13.2 Å². The number of ether oxygens (including phenoxy) is 1. The van der Waals surface area contributed by atoms with Gasteiger partial charge in [0.1, 0.15) is 11.5 Å². The fraction of sp³-hybridized carbons (Fsp3) is 0.462. The van der Waals surface area contributed by atoms with Crippen LogP contribution >= 0.6 is 0 Å². The van der Waals surface area contributed by atoms with Crippen LogP contribution in [-0.4, -0.2) is 31.1 Å². The van der Waals surface area contributed by atoms with Gasteiger partial charge in [0, 0.05) is 13.5 Å². The Morgan fingerprint density at radius 1 is 1.37 bits per heavy atom. The van der Waals surface area contributed by atoms with Gasteiger partial charge in [0.15, 0.2) is 0 Å². The van der Waals surface area contributed by atoms with Gasteiger partial charge in [-0.3, -0.25) is 5.01 Å². The van der Waals surface area contributed by atoms with Gasteiger partial charge in [-0.25, -0.2) is 0 Å². The van der Waals surface area contributed by atoms with Crippen LogP contribution < -0.4 is 4.74 Å². The minimum absolute atomic E-state index is 0.119. The molecule has 1 aromatic carbocycles. The number of alkyl halides is 3. The monoisotopic (exact) mass is 272 g/mol. The van der Waals surface area contributed by atoms with E-state index in [2.05, 4.69) is 5.10 Å². The maximum absolute atomic E-state index is 12.6. The number of methoxy groups -OCH3 is 1. The molecular formula is C13H15F3N2O. The number of rotatable bonds is 2. The molecule has 0 bridgehead atoms. The average Bonchev–Trinajstić information content (AvgIpc) is 2.71. The van der Waals surface area contributed by atoms with Crippen molar-refractivity contribution in [3.05, 3.63) is 29.3 Å². The smallest absolute Gasteiger partial charge is 0.431 e. The number of benzene rings is 1. The van der Waals surface area contributed by atoms with Crippen LogP contribution in [0.5, 0.6) is 5.75 Å². The van der Waals surface area contributed by atoms with E-state index in [0.717, 1.165) is 16.9 Å². The predicted molar refractivity (Wildman–Crippen MR) is 66.3 cm³/mol. The van der Waals surface area contributed by atoms with Crippen LogP contribution in [0.3, 0.4) is 0 Å². The summed E-state index contributed by atoms with van der Waals surface area (Å²) in [6.07, 6.45) is -4.48. The fourth-order valence-electron chi connectivity index (χ4n) is 2.23. The van der Waals surface area contributed by atoms with E-state index >= 15 is 0 Å². The summed E-state index contributed by atoms with van der Waals surface area (Å²) < 4.78 is 43.1. The Morgan fingerprint density at radius 2 is 2.05 bits per heavy atom. The minimum Gasteiger partial charge on any atom is -0.496 e. The summed E-state index contributed by atoms with van der Waals surface area (Å²) >= 11 is 0. The van der Waals surface area contributed by atoms with Gasteiger partial charge < -0.3 is 4.74 Å². The molecule has 0 aromatic heterocycles. The summed E-state index contributed by atoms with van der Waals surface area (Å²) in [4.78, 5) is 0. The number of hydrogen-bond donors (Lipinski definition) is 0. The van der Waals surface area contributed by atoms with Crippen molar-refractivity contribution in [2.24, 2.45) is 5.10 Å². The van der Waals surface area contributed by atoms with E-state index in [1.165, 1.54) is 5.01 Å². The molecule has 0 saturated heterocycles. The zero-order valence-corrected chi connectivity index (χ0v) is 11.0. The van der Waals surface area contributed by atoms with Crippen LogP contribution in [0.15, 0.2) is 23.3 Å². The number of nitrogens with zero attached hydrogens (tertiary/aromatic N) is 2. The van der Waals surface area contributed by atoms with Crippen molar-refractivity contribution >= 4 is 5.71 Å². The first-order valence-electron chi connectivity index (χ1n) is 5.85. The molecule has 0 fully saturated rings. The first-order chi connectivity index (χ1) is 8.82. The second-order valence-electron chi connectivity index (χ2n) is 4.57. The Hall–Kier alpha value is -1.72. The summed E-state index contributed by atoms with van der Waals surface area (Å²) in [6, 6.07) is 5.02. The first kappa shape index (κ1) is 13.7. The highest BCUT2D eigenvalue weighted by Crippen LogP contribution is 2.36. The molecule has 1 aliphatic rings. The quantitative estimate of drug-likeness (QED) is 0.825. The molecule has 1 aliphatic heterocycles. The Morgan fingerprint density at radius 3 is 2.53 bits per heavy atom. The van der Waals surface area contributed by atoms with Crippen molar-refractivity contribution < 1.29 is 17.9 Å². The van der Waals surface area contributed by atoms with Gasteiger partial charge in [-0.2, -0.15) is 18.3 Å².